The van der Waals surface area contributed by atoms with E-state index in [4.69, 9.17) is 10.2 Å². The first-order valence-electron chi connectivity index (χ1n) is 10.8. The molecule has 10 nitrogen and oxygen atoms in total. The van der Waals surface area contributed by atoms with Crippen molar-refractivity contribution in [2.24, 2.45) is 13.0 Å². The lowest BCUT2D eigenvalue weighted by molar-refractivity contribution is 0.0880. The minimum absolute atomic E-state index is 0.174. The average Bonchev–Trinajstić information content (AvgIpc) is 3.54. The number of likely N-dealkylation sites (tertiary alicyclic amines) is 1. The van der Waals surface area contributed by atoms with Crippen LogP contribution in [0, 0.1) is 17.2 Å². The monoisotopic (exact) mass is 431 g/mol. The molecule has 0 aliphatic carbocycles. The molecule has 1 atom stereocenters. The van der Waals surface area contributed by atoms with Crippen molar-refractivity contribution in [3.05, 3.63) is 42.2 Å². The van der Waals surface area contributed by atoms with Gasteiger partial charge in [0, 0.05) is 37.8 Å². The maximum atomic E-state index is 13.1. The molecule has 1 aliphatic heterocycles. The van der Waals surface area contributed by atoms with Crippen molar-refractivity contribution >= 4 is 28.0 Å². The topological polar surface area (TPSA) is 131 Å². The van der Waals surface area contributed by atoms with E-state index in [1.807, 2.05) is 12.3 Å². The van der Waals surface area contributed by atoms with Gasteiger partial charge in [0.15, 0.2) is 0 Å². The molecule has 164 valence electrons. The van der Waals surface area contributed by atoms with Gasteiger partial charge in [-0.3, -0.25) is 9.48 Å². The van der Waals surface area contributed by atoms with Crippen molar-refractivity contribution in [1.82, 2.24) is 39.9 Å². The third kappa shape index (κ3) is 3.71. The van der Waals surface area contributed by atoms with Crippen LogP contribution < -0.4 is 5.32 Å². The van der Waals surface area contributed by atoms with Gasteiger partial charge in [-0.15, -0.1) is 0 Å². The number of pyridine rings is 1. The van der Waals surface area contributed by atoms with E-state index in [1.54, 1.807) is 30.2 Å². The molecule has 0 bridgehead atoms. The summed E-state index contributed by atoms with van der Waals surface area (Å²) in [7, 11) is 1.76. The van der Waals surface area contributed by atoms with Gasteiger partial charge in [0.25, 0.3) is 5.91 Å². The molecular formula is C22H25N9O. The van der Waals surface area contributed by atoms with Crippen molar-refractivity contribution in [3.63, 3.8) is 0 Å². The number of carbonyl (C=O) groups is 1. The summed E-state index contributed by atoms with van der Waals surface area (Å²) in [6.45, 7) is 2.58. The number of piperidine rings is 1. The number of fused-ring (bicyclic) bond motifs is 3. The molecule has 1 unspecified atom stereocenters. The van der Waals surface area contributed by atoms with Gasteiger partial charge in [-0.05, 0) is 44.0 Å². The van der Waals surface area contributed by atoms with Gasteiger partial charge in [0.1, 0.15) is 22.7 Å². The van der Waals surface area contributed by atoms with Crippen LogP contribution >= 0.6 is 0 Å². The Morgan fingerprint density at radius 3 is 2.97 bits per heavy atom. The predicted molar refractivity (Wildman–Crippen MR) is 119 cm³/mol. The zero-order chi connectivity index (χ0) is 22.1. The van der Waals surface area contributed by atoms with Crippen LogP contribution in [0.3, 0.4) is 0 Å². The van der Waals surface area contributed by atoms with Crippen molar-refractivity contribution in [2.45, 2.75) is 25.3 Å². The fraction of sp³-hybridized carbons (Fsp3) is 0.409. The summed E-state index contributed by atoms with van der Waals surface area (Å²) in [5.41, 5.74) is 3.00. The summed E-state index contributed by atoms with van der Waals surface area (Å²) in [5, 5.41) is 17.2. The highest BCUT2D eigenvalue weighted by molar-refractivity contribution is 6.00. The number of hydrogen-bond acceptors (Lipinski definition) is 6. The van der Waals surface area contributed by atoms with Gasteiger partial charge in [0.05, 0.1) is 23.8 Å². The second kappa shape index (κ2) is 8.43. The minimum atomic E-state index is -0.267. The average molecular weight is 432 g/mol. The summed E-state index contributed by atoms with van der Waals surface area (Å²) in [6, 6.07) is 5.64. The minimum Gasteiger partial charge on any atom is -0.346 e. The second-order valence-electron chi connectivity index (χ2n) is 8.26. The lowest BCUT2D eigenvalue weighted by Crippen LogP contribution is -2.41. The molecule has 4 aromatic heterocycles. The number of aromatic amines is 2. The third-order valence-corrected chi connectivity index (χ3v) is 6.34. The van der Waals surface area contributed by atoms with Crippen LogP contribution in [0.25, 0.3) is 22.1 Å². The Labute approximate surface area is 184 Å². The summed E-state index contributed by atoms with van der Waals surface area (Å²) in [4.78, 5) is 31.2. The molecule has 0 aromatic carbocycles. The number of nitriles is 1. The molecular weight excluding hydrogens is 406 g/mol. The molecule has 1 saturated heterocycles. The largest absolute Gasteiger partial charge is 0.346 e. The Morgan fingerprint density at radius 1 is 1.38 bits per heavy atom. The molecule has 0 spiro atoms. The number of nitrogens with one attached hydrogen (secondary N) is 3. The van der Waals surface area contributed by atoms with E-state index >= 15 is 0 Å². The molecule has 5 rings (SSSR count). The number of imidazole rings is 1. The number of aryl methyl sites for hydroxylation is 1. The highest BCUT2D eigenvalue weighted by Crippen LogP contribution is 2.32. The molecule has 0 saturated carbocycles. The van der Waals surface area contributed by atoms with Gasteiger partial charge in [-0.1, -0.05) is 0 Å². The van der Waals surface area contributed by atoms with Crippen LogP contribution in [-0.4, -0.2) is 60.2 Å². The molecule has 1 amide bonds. The van der Waals surface area contributed by atoms with E-state index < -0.39 is 0 Å². The first kappa shape index (κ1) is 20.2. The number of rotatable bonds is 6. The third-order valence-electron chi connectivity index (χ3n) is 6.34. The molecule has 5 heterocycles. The molecule has 10 heteroatoms. The van der Waals surface area contributed by atoms with E-state index in [0.29, 0.717) is 12.1 Å². The molecule has 0 radical (unpaired) electrons. The van der Waals surface area contributed by atoms with Crippen molar-refractivity contribution in [2.75, 3.05) is 19.6 Å². The number of H-pyrrole nitrogens is 2. The van der Waals surface area contributed by atoms with Crippen LogP contribution in [0.1, 0.15) is 41.6 Å². The van der Waals surface area contributed by atoms with Gasteiger partial charge < -0.3 is 20.2 Å². The lowest BCUT2D eigenvalue weighted by atomic mass is 9.88. The van der Waals surface area contributed by atoms with Crippen LogP contribution in [0.2, 0.25) is 0 Å². The summed E-state index contributed by atoms with van der Waals surface area (Å²) < 4.78 is 1.57. The Bertz CT molecular complexity index is 1290. The maximum absolute atomic E-state index is 13.1. The van der Waals surface area contributed by atoms with Crippen molar-refractivity contribution in [3.8, 4) is 6.07 Å². The van der Waals surface area contributed by atoms with E-state index in [1.165, 1.54) is 0 Å². The van der Waals surface area contributed by atoms with Crippen LogP contribution in [0.15, 0.2) is 30.7 Å². The normalized spacial score (nSPS) is 16.4. The summed E-state index contributed by atoms with van der Waals surface area (Å²) in [6.07, 6.45) is 7.59. The molecule has 32 heavy (non-hydrogen) atoms. The molecule has 3 N–H and O–H groups in total. The SMILES string of the molecule is Cn1nccc1C(=O)NC(c1nc2cnc3[nH]ccc3c2[nH]1)C1CCN(CCC#N)CC1. The van der Waals surface area contributed by atoms with Crippen molar-refractivity contribution in [1.29, 1.82) is 5.26 Å². The van der Waals surface area contributed by atoms with Crippen molar-refractivity contribution < 1.29 is 4.79 Å². The maximum Gasteiger partial charge on any atom is 0.270 e. The number of aromatic nitrogens is 6. The first-order chi connectivity index (χ1) is 15.6. The molecule has 4 aromatic rings. The Morgan fingerprint density at radius 2 is 2.22 bits per heavy atom. The van der Waals surface area contributed by atoms with Gasteiger partial charge in [0.2, 0.25) is 0 Å². The Balaban J connectivity index is 1.45. The highest BCUT2D eigenvalue weighted by atomic mass is 16.2. The number of amides is 1. The Hall–Kier alpha value is -3.71. The number of nitrogens with zero attached hydrogens (tertiary/aromatic N) is 6. The summed E-state index contributed by atoms with van der Waals surface area (Å²) in [5.74, 6) is 0.787. The second-order valence-corrected chi connectivity index (χ2v) is 8.26. The highest BCUT2D eigenvalue weighted by Gasteiger charge is 2.32. The van der Waals surface area contributed by atoms with E-state index in [-0.39, 0.29) is 17.9 Å². The first-order valence-corrected chi connectivity index (χ1v) is 10.8. The smallest absolute Gasteiger partial charge is 0.270 e. The number of hydrogen-bond donors (Lipinski definition) is 3. The van der Waals surface area contributed by atoms with Gasteiger partial charge in [-0.2, -0.15) is 10.4 Å². The van der Waals surface area contributed by atoms with Crippen LogP contribution in [-0.2, 0) is 7.05 Å². The zero-order valence-electron chi connectivity index (χ0n) is 17.9. The zero-order valence-corrected chi connectivity index (χ0v) is 17.9. The summed E-state index contributed by atoms with van der Waals surface area (Å²) >= 11 is 0. The van der Waals surface area contributed by atoms with E-state index in [2.05, 4.69) is 36.3 Å². The van der Waals surface area contributed by atoms with E-state index in [9.17, 15) is 4.79 Å². The molecule has 1 fully saturated rings. The van der Waals surface area contributed by atoms with Crippen LogP contribution in [0.5, 0.6) is 0 Å². The van der Waals surface area contributed by atoms with E-state index in [0.717, 1.165) is 60.4 Å². The fourth-order valence-electron chi connectivity index (χ4n) is 4.59. The van der Waals surface area contributed by atoms with Gasteiger partial charge in [-0.25, -0.2) is 9.97 Å². The lowest BCUT2D eigenvalue weighted by Gasteiger charge is -2.35. The fourth-order valence-corrected chi connectivity index (χ4v) is 4.59. The number of carbonyl (C=O) groups excluding carboxylic acids is 1. The van der Waals surface area contributed by atoms with Crippen LogP contribution in [0.4, 0.5) is 0 Å². The quantitative estimate of drug-likeness (QED) is 0.429. The van der Waals surface area contributed by atoms with Gasteiger partial charge >= 0.3 is 0 Å². The molecule has 1 aliphatic rings. The Kier molecular flexibility index (Phi) is 5.33. The predicted octanol–water partition coefficient (Wildman–Crippen LogP) is 2.27. The standard InChI is InChI=1S/C22H25N9O/c1-30-17(4-9-26-30)22(32)29-18(14-5-11-31(12-6-14)10-2-7-23)21-27-16-13-25-20-15(3-8-24-20)19(16)28-21/h3-4,8-9,13-14,18H,2,5-6,10-12H2,1H3,(H,24,25)(H,27,28)(H,29,32).